The first-order valence-corrected chi connectivity index (χ1v) is 5.94. The van der Waals surface area contributed by atoms with Gasteiger partial charge in [0.25, 0.3) is 5.91 Å². The van der Waals surface area contributed by atoms with Gasteiger partial charge in [-0.3, -0.25) is 9.79 Å². The summed E-state index contributed by atoms with van der Waals surface area (Å²) >= 11 is 0. The molecule has 2 rings (SSSR count). The van der Waals surface area contributed by atoms with Crippen LogP contribution in [-0.4, -0.2) is 18.7 Å². The smallest absolute Gasteiger partial charge is 0.255 e. The molecule has 0 unspecified atom stereocenters. The molecule has 0 atom stereocenters. The Kier molecular flexibility index (Phi) is 4.44. The number of carbonyl (C=O) groups excluding carboxylic acids is 1. The van der Waals surface area contributed by atoms with Crippen molar-refractivity contribution in [1.82, 2.24) is 0 Å². The van der Waals surface area contributed by atoms with Crippen LogP contribution in [0.25, 0.3) is 0 Å². The third-order valence-electron chi connectivity index (χ3n) is 2.43. The zero-order chi connectivity index (χ0) is 14.4. The number of rotatable bonds is 5. The highest BCUT2D eigenvalue weighted by Crippen LogP contribution is 2.14. The highest BCUT2D eigenvalue weighted by Gasteiger charge is 1.97. The summed E-state index contributed by atoms with van der Waals surface area (Å²) in [6, 6.07) is 13.0. The lowest BCUT2D eigenvalue weighted by atomic mass is 10.2. The lowest BCUT2D eigenvalue weighted by Crippen LogP contribution is -2.19. The van der Waals surface area contributed by atoms with Crippen LogP contribution in [0, 0.1) is 5.82 Å². The fraction of sp³-hybridized carbons (Fsp3) is 0.0667. The first-order chi connectivity index (χ1) is 9.63. The van der Waals surface area contributed by atoms with Crippen LogP contribution in [0.15, 0.2) is 53.5 Å². The van der Waals surface area contributed by atoms with Gasteiger partial charge in [-0.15, -0.1) is 0 Å². The fourth-order valence-corrected chi connectivity index (χ4v) is 1.51. The standard InChI is InChI=1S/C15H13FN2O2/c16-12-2-1-3-13(8-12)18-9-11-4-6-14(7-5-11)20-10-15(17)19/h1-9H,10H2,(H2,17,19). The molecule has 2 N–H and O–H groups in total. The van der Waals surface area contributed by atoms with Crippen LogP contribution in [0.4, 0.5) is 10.1 Å². The molecule has 0 aliphatic carbocycles. The molecule has 0 fully saturated rings. The molecular formula is C15H13FN2O2. The number of ether oxygens (including phenoxy) is 1. The van der Waals surface area contributed by atoms with Crippen molar-refractivity contribution in [1.29, 1.82) is 0 Å². The summed E-state index contributed by atoms with van der Waals surface area (Å²) in [6.45, 7) is -0.156. The number of amides is 1. The summed E-state index contributed by atoms with van der Waals surface area (Å²) in [5.41, 5.74) is 6.35. The Balaban J connectivity index is 2.01. The second kappa shape index (κ2) is 6.47. The van der Waals surface area contributed by atoms with Crippen LogP contribution in [0.3, 0.4) is 0 Å². The first-order valence-electron chi connectivity index (χ1n) is 5.94. The molecule has 1 amide bonds. The summed E-state index contributed by atoms with van der Waals surface area (Å²) in [4.78, 5) is 14.7. The quantitative estimate of drug-likeness (QED) is 0.850. The van der Waals surface area contributed by atoms with Crippen LogP contribution in [0.2, 0.25) is 0 Å². The van der Waals surface area contributed by atoms with E-state index in [1.807, 2.05) is 0 Å². The first kappa shape index (κ1) is 13.7. The summed E-state index contributed by atoms with van der Waals surface area (Å²) < 4.78 is 18.1. The summed E-state index contributed by atoms with van der Waals surface area (Å²) in [6.07, 6.45) is 1.62. The second-order valence-corrected chi connectivity index (χ2v) is 4.06. The van der Waals surface area contributed by atoms with Gasteiger partial charge in [0.2, 0.25) is 0 Å². The molecule has 0 spiro atoms. The van der Waals surface area contributed by atoms with Crippen LogP contribution in [0.5, 0.6) is 5.75 Å². The molecule has 2 aromatic rings. The number of halogens is 1. The predicted octanol–water partition coefficient (Wildman–Crippen LogP) is 2.44. The molecule has 0 saturated heterocycles. The minimum absolute atomic E-state index is 0.156. The maximum Gasteiger partial charge on any atom is 0.255 e. The molecule has 5 heteroatoms. The maximum absolute atomic E-state index is 13.0. The Morgan fingerprint density at radius 2 is 2.00 bits per heavy atom. The number of carbonyl (C=O) groups is 1. The Morgan fingerprint density at radius 3 is 2.65 bits per heavy atom. The van der Waals surface area contributed by atoms with Gasteiger partial charge < -0.3 is 10.5 Å². The number of aliphatic imine (C=N–C) groups is 1. The second-order valence-electron chi connectivity index (χ2n) is 4.06. The van der Waals surface area contributed by atoms with E-state index in [1.165, 1.54) is 12.1 Å². The van der Waals surface area contributed by atoms with Gasteiger partial charge in [0.1, 0.15) is 11.6 Å². The third-order valence-corrected chi connectivity index (χ3v) is 2.43. The van der Waals surface area contributed by atoms with Crippen LogP contribution in [0.1, 0.15) is 5.56 Å². The Hall–Kier alpha value is -2.69. The largest absolute Gasteiger partial charge is 0.484 e. The maximum atomic E-state index is 13.0. The number of benzene rings is 2. The van der Waals surface area contributed by atoms with E-state index in [-0.39, 0.29) is 12.4 Å². The molecule has 0 bridgehead atoms. The van der Waals surface area contributed by atoms with Crippen LogP contribution < -0.4 is 10.5 Å². The number of hydrogen-bond acceptors (Lipinski definition) is 3. The molecule has 0 aromatic heterocycles. The SMILES string of the molecule is NC(=O)COc1ccc(C=Nc2cccc(F)c2)cc1. The summed E-state index contributed by atoms with van der Waals surface area (Å²) in [5.74, 6) is -0.303. The van der Waals surface area contributed by atoms with Crippen molar-refractivity contribution in [3.05, 3.63) is 59.9 Å². The molecule has 0 heterocycles. The fourth-order valence-electron chi connectivity index (χ4n) is 1.51. The van der Waals surface area contributed by atoms with Crippen molar-refractivity contribution in [3.63, 3.8) is 0 Å². The number of hydrogen-bond donors (Lipinski definition) is 1. The predicted molar refractivity (Wildman–Crippen MR) is 74.8 cm³/mol. The average molecular weight is 272 g/mol. The average Bonchev–Trinajstić information content (AvgIpc) is 2.44. The van der Waals surface area contributed by atoms with E-state index in [1.54, 1.807) is 42.6 Å². The van der Waals surface area contributed by atoms with E-state index in [2.05, 4.69) is 4.99 Å². The van der Waals surface area contributed by atoms with Crippen molar-refractivity contribution in [3.8, 4) is 5.75 Å². The van der Waals surface area contributed by atoms with E-state index in [4.69, 9.17) is 10.5 Å². The van der Waals surface area contributed by atoms with Gasteiger partial charge in [-0.25, -0.2) is 4.39 Å². The minimum Gasteiger partial charge on any atom is -0.484 e. The van der Waals surface area contributed by atoms with Crippen molar-refractivity contribution < 1.29 is 13.9 Å². The number of nitrogens with two attached hydrogens (primary N) is 1. The van der Waals surface area contributed by atoms with E-state index in [0.29, 0.717) is 11.4 Å². The number of nitrogens with zero attached hydrogens (tertiary/aromatic N) is 1. The molecule has 102 valence electrons. The Labute approximate surface area is 115 Å². The molecule has 20 heavy (non-hydrogen) atoms. The zero-order valence-electron chi connectivity index (χ0n) is 10.6. The molecule has 0 aliphatic heterocycles. The van der Waals surface area contributed by atoms with Crippen molar-refractivity contribution in [2.45, 2.75) is 0 Å². The molecule has 2 aromatic carbocycles. The minimum atomic E-state index is -0.526. The van der Waals surface area contributed by atoms with Crippen molar-refractivity contribution in [2.75, 3.05) is 6.61 Å². The Bertz CT molecular complexity index is 624. The van der Waals surface area contributed by atoms with E-state index in [9.17, 15) is 9.18 Å². The van der Waals surface area contributed by atoms with Gasteiger partial charge in [0.15, 0.2) is 6.61 Å². The molecule has 0 aliphatic rings. The lowest BCUT2D eigenvalue weighted by Gasteiger charge is -2.03. The van der Waals surface area contributed by atoms with E-state index < -0.39 is 5.91 Å². The van der Waals surface area contributed by atoms with E-state index >= 15 is 0 Å². The summed E-state index contributed by atoms with van der Waals surface area (Å²) in [5, 5.41) is 0. The van der Waals surface area contributed by atoms with Crippen molar-refractivity contribution in [2.24, 2.45) is 10.7 Å². The van der Waals surface area contributed by atoms with Crippen molar-refractivity contribution >= 4 is 17.8 Å². The topological polar surface area (TPSA) is 64.7 Å². The van der Waals surface area contributed by atoms with Gasteiger partial charge in [-0.2, -0.15) is 0 Å². The lowest BCUT2D eigenvalue weighted by molar-refractivity contribution is -0.119. The van der Waals surface area contributed by atoms with Gasteiger partial charge >= 0.3 is 0 Å². The molecule has 4 nitrogen and oxygen atoms in total. The van der Waals surface area contributed by atoms with Gasteiger partial charge in [-0.05, 0) is 48.0 Å². The van der Waals surface area contributed by atoms with Crippen LogP contribution in [-0.2, 0) is 4.79 Å². The molecule has 0 saturated carbocycles. The molecule has 0 radical (unpaired) electrons. The van der Waals surface area contributed by atoms with Gasteiger partial charge in [0, 0.05) is 6.21 Å². The monoisotopic (exact) mass is 272 g/mol. The Morgan fingerprint density at radius 1 is 1.25 bits per heavy atom. The zero-order valence-corrected chi connectivity index (χ0v) is 10.6. The number of primary amides is 1. The highest BCUT2D eigenvalue weighted by molar-refractivity contribution is 5.82. The highest BCUT2D eigenvalue weighted by atomic mass is 19.1. The third kappa shape index (κ3) is 4.20. The normalized spacial score (nSPS) is 10.7. The van der Waals surface area contributed by atoms with Gasteiger partial charge in [-0.1, -0.05) is 6.07 Å². The van der Waals surface area contributed by atoms with Gasteiger partial charge in [0.05, 0.1) is 5.69 Å². The molecular weight excluding hydrogens is 259 g/mol. The van der Waals surface area contributed by atoms with E-state index in [0.717, 1.165) is 5.56 Å². The van der Waals surface area contributed by atoms with Crippen LogP contribution >= 0.6 is 0 Å². The summed E-state index contributed by atoms with van der Waals surface area (Å²) in [7, 11) is 0.